The summed E-state index contributed by atoms with van der Waals surface area (Å²) in [4.78, 5) is 47.5. The third-order valence-electron chi connectivity index (χ3n) is 4.76. The molecule has 0 radical (unpaired) electrons. The number of aryl methyl sites for hydroxylation is 1. The number of nitrogens with one attached hydrogen (secondary N) is 2. The number of hydrogen-bond donors (Lipinski definition) is 2. The van der Waals surface area contributed by atoms with Gasteiger partial charge >= 0.3 is 6.03 Å². The van der Waals surface area contributed by atoms with Crippen molar-refractivity contribution in [2.24, 2.45) is 0 Å². The number of carbonyl (C=O) groups is 3. The van der Waals surface area contributed by atoms with Gasteiger partial charge in [-0.3, -0.25) is 25.1 Å². The first-order valence-electron chi connectivity index (χ1n) is 9.17. The molecule has 1 aliphatic rings. The Morgan fingerprint density at radius 1 is 1.23 bits per heavy atom. The standard InChI is InChI=1S/C20H20N4O6/c1-3-13-5-4-6-16(11-13)30-12-17(25)22-23-18(26)20(2,21-19(23)27)14-7-9-15(10-8-14)24(28)29/h4-11H,3,12H2,1-2H3,(H,21,27)(H,22,25)/t20-/m1/s1. The van der Waals surface area contributed by atoms with Crippen molar-refractivity contribution in [2.45, 2.75) is 25.8 Å². The number of hydrazine groups is 1. The van der Waals surface area contributed by atoms with Gasteiger partial charge in [-0.05, 0) is 48.7 Å². The second-order valence-electron chi connectivity index (χ2n) is 6.82. The lowest BCUT2D eigenvalue weighted by Gasteiger charge is -2.22. The van der Waals surface area contributed by atoms with Crippen LogP contribution in [0.15, 0.2) is 48.5 Å². The van der Waals surface area contributed by atoms with E-state index in [0.717, 1.165) is 12.0 Å². The number of non-ortho nitro benzene ring substituents is 1. The van der Waals surface area contributed by atoms with Gasteiger partial charge in [0.05, 0.1) is 4.92 Å². The summed E-state index contributed by atoms with van der Waals surface area (Å²) in [7, 11) is 0. The van der Waals surface area contributed by atoms with Crippen LogP contribution in [0.5, 0.6) is 5.75 Å². The van der Waals surface area contributed by atoms with E-state index in [1.165, 1.54) is 31.2 Å². The van der Waals surface area contributed by atoms with Crippen LogP contribution in [0.3, 0.4) is 0 Å². The second-order valence-corrected chi connectivity index (χ2v) is 6.82. The molecule has 1 aliphatic heterocycles. The molecule has 3 rings (SSSR count). The Hall–Kier alpha value is -3.95. The van der Waals surface area contributed by atoms with Gasteiger partial charge in [-0.1, -0.05) is 19.1 Å². The Balaban J connectivity index is 1.66. The Labute approximate surface area is 171 Å². The number of urea groups is 1. The summed E-state index contributed by atoms with van der Waals surface area (Å²) in [5.41, 5.74) is 2.00. The topological polar surface area (TPSA) is 131 Å². The predicted molar refractivity (Wildman–Crippen MR) is 105 cm³/mol. The zero-order valence-corrected chi connectivity index (χ0v) is 16.4. The van der Waals surface area contributed by atoms with Crippen molar-refractivity contribution in [3.63, 3.8) is 0 Å². The number of nitro groups is 1. The molecule has 4 amide bonds. The van der Waals surface area contributed by atoms with Crippen LogP contribution in [0, 0.1) is 10.1 Å². The fourth-order valence-corrected chi connectivity index (χ4v) is 3.01. The molecule has 10 nitrogen and oxygen atoms in total. The Kier molecular flexibility index (Phi) is 5.67. The maximum absolute atomic E-state index is 12.8. The molecule has 1 saturated heterocycles. The highest BCUT2D eigenvalue weighted by atomic mass is 16.6. The summed E-state index contributed by atoms with van der Waals surface area (Å²) in [5, 5.41) is 13.9. The first kappa shape index (κ1) is 20.8. The minimum absolute atomic E-state index is 0.145. The number of carbonyl (C=O) groups excluding carboxylic acids is 3. The van der Waals surface area contributed by atoms with E-state index in [0.29, 0.717) is 16.3 Å². The van der Waals surface area contributed by atoms with Crippen LogP contribution in [0.25, 0.3) is 0 Å². The van der Waals surface area contributed by atoms with Gasteiger partial charge in [-0.25, -0.2) is 4.79 Å². The highest BCUT2D eigenvalue weighted by Crippen LogP contribution is 2.29. The summed E-state index contributed by atoms with van der Waals surface area (Å²) in [6.45, 7) is 3.05. The lowest BCUT2D eigenvalue weighted by atomic mass is 9.92. The molecule has 10 heteroatoms. The summed E-state index contributed by atoms with van der Waals surface area (Å²) in [6, 6.07) is 11.6. The van der Waals surface area contributed by atoms with Crippen molar-refractivity contribution in [3.8, 4) is 5.75 Å². The third-order valence-corrected chi connectivity index (χ3v) is 4.76. The SMILES string of the molecule is CCc1cccc(OCC(=O)NN2C(=O)N[C@](C)(c3ccc([N+](=O)[O-])cc3)C2=O)c1. The van der Waals surface area contributed by atoms with Gasteiger partial charge in [-0.2, -0.15) is 5.01 Å². The molecule has 2 aromatic rings. The molecule has 0 unspecified atom stereocenters. The lowest BCUT2D eigenvalue weighted by molar-refractivity contribution is -0.384. The van der Waals surface area contributed by atoms with Crippen LogP contribution >= 0.6 is 0 Å². The number of rotatable bonds is 7. The molecule has 0 bridgehead atoms. The van der Waals surface area contributed by atoms with Crippen molar-refractivity contribution in [2.75, 3.05) is 6.61 Å². The van der Waals surface area contributed by atoms with Gasteiger partial charge in [0.15, 0.2) is 6.61 Å². The number of nitrogens with zero attached hydrogens (tertiary/aromatic N) is 2. The van der Waals surface area contributed by atoms with Crippen LogP contribution in [0.1, 0.15) is 25.0 Å². The molecule has 0 aliphatic carbocycles. The normalized spacial score (nSPS) is 18.1. The average molecular weight is 412 g/mol. The van der Waals surface area contributed by atoms with E-state index in [9.17, 15) is 24.5 Å². The Morgan fingerprint density at radius 2 is 1.93 bits per heavy atom. The molecule has 0 aromatic heterocycles. The number of nitro benzene ring substituents is 1. The first-order valence-corrected chi connectivity index (χ1v) is 9.17. The van der Waals surface area contributed by atoms with Crippen molar-refractivity contribution in [1.82, 2.24) is 15.8 Å². The minimum atomic E-state index is -1.48. The number of imide groups is 1. The Bertz CT molecular complexity index is 1010. The Morgan fingerprint density at radius 3 is 2.57 bits per heavy atom. The summed E-state index contributed by atoms with van der Waals surface area (Å²) in [5.74, 6) is -0.909. The zero-order valence-electron chi connectivity index (χ0n) is 16.4. The molecule has 1 heterocycles. The van der Waals surface area contributed by atoms with Gasteiger partial charge < -0.3 is 10.1 Å². The number of hydrogen-bond acceptors (Lipinski definition) is 6. The zero-order chi connectivity index (χ0) is 21.9. The first-order chi connectivity index (χ1) is 14.2. The van der Waals surface area contributed by atoms with E-state index in [1.54, 1.807) is 18.2 Å². The maximum atomic E-state index is 12.8. The quantitative estimate of drug-likeness (QED) is 0.406. The van der Waals surface area contributed by atoms with E-state index in [1.807, 2.05) is 13.0 Å². The van der Waals surface area contributed by atoms with Gasteiger partial charge in [0.1, 0.15) is 11.3 Å². The lowest BCUT2D eigenvalue weighted by Crippen LogP contribution is -2.49. The van der Waals surface area contributed by atoms with E-state index < -0.39 is 34.9 Å². The minimum Gasteiger partial charge on any atom is -0.484 e. The fraction of sp³-hybridized carbons (Fsp3) is 0.250. The molecular formula is C20H20N4O6. The van der Waals surface area contributed by atoms with Gasteiger partial charge in [0, 0.05) is 12.1 Å². The van der Waals surface area contributed by atoms with Crippen LogP contribution < -0.4 is 15.5 Å². The molecule has 1 atom stereocenters. The number of ether oxygens (including phenoxy) is 1. The summed E-state index contributed by atoms with van der Waals surface area (Å²) >= 11 is 0. The van der Waals surface area contributed by atoms with E-state index in [-0.39, 0.29) is 5.69 Å². The molecule has 0 spiro atoms. The fourth-order valence-electron chi connectivity index (χ4n) is 3.01. The number of benzene rings is 2. The largest absolute Gasteiger partial charge is 0.484 e. The molecule has 156 valence electrons. The highest BCUT2D eigenvalue weighted by molar-refractivity contribution is 6.08. The average Bonchev–Trinajstić information content (AvgIpc) is 2.96. The van der Waals surface area contributed by atoms with Crippen molar-refractivity contribution >= 4 is 23.5 Å². The van der Waals surface area contributed by atoms with Crippen LogP contribution in [0.4, 0.5) is 10.5 Å². The molecule has 30 heavy (non-hydrogen) atoms. The van der Waals surface area contributed by atoms with E-state index >= 15 is 0 Å². The maximum Gasteiger partial charge on any atom is 0.344 e. The van der Waals surface area contributed by atoms with Gasteiger partial charge in [0.25, 0.3) is 17.5 Å². The second kappa shape index (κ2) is 8.19. The highest BCUT2D eigenvalue weighted by Gasteiger charge is 2.50. The molecule has 2 aromatic carbocycles. The molecule has 2 N–H and O–H groups in total. The predicted octanol–water partition coefficient (Wildman–Crippen LogP) is 2.03. The van der Waals surface area contributed by atoms with Crippen molar-refractivity contribution < 1.29 is 24.0 Å². The van der Waals surface area contributed by atoms with Gasteiger partial charge in [-0.15, -0.1) is 0 Å². The molecular weight excluding hydrogens is 392 g/mol. The summed E-state index contributed by atoms with van der Waals surface area (Å²) < 4.78 is 5.42. The van der Waals surface area contributed by atoms with E-state index in [2.05, 4.69) is 10.7 Å². The smallest absolute Gasteiger partial charge is 0.344 e. The van der Waals surface area contributed by atoms with Crippen molar-refractivity contribution in [3.05, 3.63) is 69.8 Å². The van der Waals surface area contributed by atoms with Crippen LogP contribution in [-0.2, 0) is 21.5 Å². The summed E-state index contributed by atoms with van der Waals surface area (Å²) in [6.07, 6.45) is 0.813. The monoisotopic (exact) mass is 412 g/mol. The molecule has 1 fully saturated rings. The van der Waals surface area contributed by atoms with Crippen LogP contribution in [0.2, 0.25) is 0 Å². The van der Waals surface area contributed by atoms with Crippen LogP contribution in [-0.4, -0.2) is 34.4 Å². The number of amides is 4. The third kappa shape index (κ3) is 4.07. The molecule has 0 saturated carbocycles. The van der Waals surface area contributed by atoms with Crippen molar-refractivity contribution in [1.29, 1.82) is 0 Å². The van der Waals surface area contributed by atoms with Gasteiger partial charge in [0.2, 0.25) is 0 Å². The van der Waals surface area contributed by atoms with E-state index in [4.69, 9.17) is 4.74 Å².